The van der Waals surface area contributed by atoms with E-state index < -0.39 is 10.0 Å². The summed E-state index contributed by atoms with van der Waals surface area (Å²) in [5.41, 5.74) is 8.57. The van der Waals surface area contributed by atoms with E-state index in [0.717, 1.165) is 5.56 Å². The van der Waals surface area contributed by atoms with Gasteiger partial charge in [0.05, 0.1) is 4.90 Å². The van der Waals surface area contributed by atoms with E-state index in [1.807, 2.05) is 56.1 Å². The Labute approximate surface area is 183 Å². The maximum atomic E-state index is 12.6. The molecule has 0 amide bonds. The summed E-state index contributed by atoms with van der Waals surface area (Å²) >= 11 is 0. The van der Waals surface area contributed by atoms with Gasteiger partial charge in [-0.05, 0) is 29.8 Å². The normalized spacial score (nSPS) is 11.5. The molecule has 1 heterocycles. The lowest BCUT2D eigenvalue weighted by atomic mass is 10.2. The molecular weight excluding hydrogens is 412 g/mol. The Kier molecular flexibility index (Phi) is 7.09. The molecule has 0 saturated carbocycles. The molecule has 0 bridgehead atoms. The highest BCUT2D eigenvalue weighted by Gasteiger charge is 2.21. The van der Waals surface area contributed by atoms with Crippen LogP contribution in [-0.4, -0.2) is 42.8 Å². The van der Waals surface area contributed by atoms with Crippen LogP contribution in [0, 0.1) is 0 Å². The van der Waals surface area contributed by atoms with Crippen LogP contribution in [0.4, 0.5) is 23.0 Å². The summed E-state index contributed by atoms with van der Waals surface area (Å²) in [6.45, 7) is 5.15. The number of benzene rings is 2. The number of hydrogen-bond acceptors (Lipinski definition) is 7. The van der Waals surface area contributed by atoms with E-state index in [1.165, 1.54) is 10.6 Å². The third-order valence-electron chi connectivity index (χ3n) is 4.95. The molecule has 0 saturated heterocycles. The Morgan fingerprint density at radius 3 is 2.23 bits per heavy atom. The molecule has 9 heteroatoms. The molecule has 0 aliphatic carbocycles. The first-order chi connectivity index (χ1) is 14.9. The van der Waals surface area contributed by atoms with Crippen molar-refractivity contribution in [3.63, 3.8) is 0 Å². The third kappa shape index (κ3) is 5.12. The predicted molar refractivity (Wildman–Crippen MR) is 125 cm³/mol. The van der Waals surface area contributed by atoms with E-state index in [-0.39, 0.29) is 4.90 Å². The van der Waals surface area contributed by atoms with Crippen LogP contribution < -0.4 is 16.0 Å². The minimum atomic E-state index is -3.50. The van der Waals surface area contributed by atoms with Crippen molar-refractivity contribution in [2.24, 2.45) is 0 Å². The van der Waals surface area contributed by atoms with Gasteiger partial charge in [-0.25, -0.2) is 18.4 Å². The van der Waals surface area contributed by atoms with Crippen molar-refractivity contribution in [3.8, 4) is 0 Å². The van der Waals surface area contributed by atoms with Gasteiger partial charge in [-0.1, -0.05) is 44.2 Å². The third-order valence-corrected chi connectivity index (χ3v) is 7.01. The van der Waals surface area contributed by atoms with Gasteiger partial charge in [0.25, 0.3) is 0 Å². The van der Waals surface area contributed by atoms with Gasteiger partial charge in [0.1, 0.15) is 12.0 Å². The van der Waals surface area contributed by atoms with E-state index >= 15 is 0 Å². The lowest BCUT2D eigenvalue weighted by Crippen LogP contribution is -2.30. The van der Waals surface area contributed by atoms with E-state index in [9.17, 15) is 8.42 Å². The van der Waals surface area contributed by atoms with Gasteiger partial charge in [-0.15, -0.1) is 0 Å². The lowest BCUT2D eigenvalue weighted by molar-refractivity contribution is 0.445. The largest absolute Gasteiger partial charge is 0.393 e. The Morgan fingerprint density at radius 2 is 1.61 bits per heavy atom. The molecule has 8 nitrogen and oxygen atoms in total. The number of sulfonamides is 1. The Morgan fingerprint density at radius 1 is 0.968 bits per heavy atom. The van der Waals surface area contributed by atoms with Crippen molar-refractivity contribution in [1.29, 1.82) is 0 Å². The number of nitrogens with zero attached hydrogens (tertiary/aromatic N) is 4. The number of rotatable bonds is 9. The van der Waals surface area contributed by atoms with Crippen LogP contribution in [0.1, 0.15) is 19.4 Å². The minimum absolute atomic E-state index is 0.251. The average molecular weight is 441 g/mol. The molecular formula is C22H28N6O2S. The van der Waals surface area contributed by atoms with Crippen molar-refractivity contribution < 1.29 is 8.42 Å². The molecule has 164 valence electrons. The van der Waals surface area contributed by atoms with Gasteiger partial charge < -0.3 is 16.0 Å². The zero-order chi connectivity index (χ0) is 22.4. The minimum Gasteiger partial charge on any atom is -0.393 e. The second-order valence-corrected chi connectivity index (χ2v) is 8.98. The summed E-state index contributed by atoms with van der Waals surface area (Å²) in [4.78, 5) is 10.8. The van der Waals surface area contributed by atoms with E-state index in [1.54, 1.807) is 24.3 Å². The fourth-order valence-corrected chi connectivity index (χ4v) is 4.74. The molecule has 31 heavy (non-hydrogen) atoms. The first-order valence-electron chi connectivity index (χ1n) is 10.1. The van der Waals surface area contributed by atoms with Crippen molar-refractivity contribution >= 4 is 33.0 Å². The van der Waals surface area contributed by atoms with Gasteiger partial charge in [0, 0.05) is 32.4 Å². The van der Waals surface area contributed by atoms with Crippen molar-refractivity contribution in [3.05, 3.63) is 66.5 Å². The zero-order valence-electron chi connectivity index (χ0n) is 18.0. The molecule has 0 atom stereocenters. The molecule has 0 unspecified atom stereocenters. The predicted octanol–water partition coefficient (Wildman–Crippen LogP) is 3.47. The Bertz CT molecular complexity index is 1100. The van der Waals surface area contributed by atoms with Crippen LogP contribution in [0.2, 0.25) is 0 Å². The maximum absolute atomic E-state index is 12.6. The van der Waals surface area contributed by atoms with Crippen LogP contribution in [-0.2, 0) is 16.6 Å². The molecule has 0 fully saturated rings. The van der Waals surface area contributed by atoms with Gasteiger partial charge in [-0.3, -0.25) is 0 Å². The number of anilines is 4. The number of aromatic nitrogens is 2. The molecule has 0 aliphatic heterocycles. The molecule has 0 radical (unpaired) electrons. The molecule has 0 aliphatic rings. The summed E-state index contributed by atoms with van der Waals surface area (Å²) in [5.74, 6) is 1.08. The van der Waals surface area contributed by atoms with Crippen molar-refractivity contribution in [2.75, 3.05) is 36.1 Å². The lowest BCUT2D eigenvalue weighted by Gasteiger charge is -2.21. The van der Waals surface area contributed by atoms with Gasteiger partial charge in [0.15, 0.2) is 11.6 Å². The van der Waals surface area contributed by atoms with Crippen LogP contribution in [0.15, 0.2) is 65.8 Å². The molecule has 2 aromatic carbocycles. The maximum Gasteiger partial charge on any atom is 0.243 e. The van der Waals surface area contributed by atoms with Gasteiger partial charge in [0.2, 0.25) is 10.0 Å². The van der Waals surface area contributed by atoms with Crippen molar-refractivity contribution in [2.45, 2.75) is 25.3 Å². The highest BCUT2D eigenvalue weighted by atomic mass is 32.2. The number of nitrogen functional groups attached to an aromatic ring is 1. The SMILES string of the molecule is CCN(CC)S(=O)(=O)c1ccc(Nc2ncnc(N(C)Cc3ccccc3)c2N)cc1. The first-order valence-corrected chi connectivity index (χ1v) is 11.5. The Hall–Kier alpha value is -3.17. The first kappa shape index (κ1) is 22.5. The summed E-state index contributed by atoms with van der Waals surface area (Å²) in [6, 6.07) is 16.6. The summed E-state index contributed by atoms with van der Waals surface area (Å²) in [7, 11) is -1.58. The second kappa shape index (κ2) is 9.76. The van der Waals surface area contributed by atoms with Crippen LogP contribution >= 0.6 is 0 Å². The smallest absolute Gasteiger partial charge is 0.243 e. The zero-order valence-corrected chi connectivity index (χ0v) is 18.8. The topological polar surface area (TPSA) is 104 Å². The standard InChI is InChI=1S/C22H28N6O2S/c1-4-28(5-2)31(29,30)19-13-11-18(12-14-19)26-21-20(23)22(25-16-24-21)27(3)15-17-9-7-6-8-10-17/h6-14,16H,4-5,15,23H2,1-3H3,(H,24,25,26). The monoisotopic (exact) mass is 440 g/mol. The molecule has 0 spiro atoms. The van der Waals surface area contributed by atoms with E-state index in [0.29, 0.717) is 42.6 Å². The average Bonchev–Trinajstić information content (AvgIpc) is 2.77. The fraction of sp³-hybridized carbons (Fsp3) is 0.273. The van der Waals surface area contributed by atoms with E-state index in [2.05, 4.69) is 15.3 Å². The molecule has 3 N–H and O–H groups in total. The van der Waals surface area contributed by atoms with Crippen LogP contribution in [0.5, 0.6) is 0 Å². The Balaban J connectivity index is 1.78. The highest BCUT2D eigenvalue weighted by Crippen LogP contribution is 2.29. The molecule has 3 rings (SSSR count). The van der Waals surface area contributed by atoms with Crippen LogP contribution in [0.25, 0.3) is 0 Å². The van der Waals surface area contributed by atoms with E-state index in [4.69, 9.17) is 5.73 Å². The quantitative estimate of drug-likeness (QED) is 0.525. The summed E-state index contributed by atoms with van der Waals surface area (Å²) in [5, 5.41) is 3.16. The second-order valence-electron chi connectivity index (χ2n) is 7.04. The highest BCUT2D eigenvalue weighted by molar-refractivity contribution is 7.89. The summed E-state index contributed by atoms with van der Waals surface area (Å²) in [6.07, 6.45) is 1.45. The van der Waals surface area contributed by atoms with Crippen LogP contribution in [0.3, 0.4) is 0 Å². The molecule has 3 aromatic rings. The van der Waals surface area contributed by atoms with Gasteiger partial charge in [-0.2, -0.15) is 4.31 Å². The fourth-order valence-electron chi connectivity index (χ4n) is 3.28. The van der Waals surface area contributed by atoms with Crippen molar-refractivity contribution in [1.82, 2.24) is 14.3 Å². The van der Waals surface area contributed by atoms with Gasteiger partial charge >= 0.3 is 0 Å². The summed E-state index contributed by atoms with van der Waals surface area (Å²) < 4.78 is 26.7. The molecule has 1 aromatic heterocycles. The number of hydrogen-bond donors (Lipinski definition) is 2. The number of nitrogens with two attached hydrogens (primary N) is 1. The number of nitrogens with one attached hydrogen (secondary N) is 1.